The Labute approximate surface area is 120 Å². The van der Waals surface area contributed by atoms with Gasteiger partial charge in [0.05, 0.1) is 6.04 Å². The molecule has 0 aliphatic rings. The molecule has 0 fully saturated rings. The number of aromatic nitrogens is 1. The van der Waals surface area contributed by atoms with Crippen LogP contribution < -0.4 is 11.1 Å². The predicted octanol–water partition coefficient (Wildman–Crippen LogP) is 2.79. The average molecular weight is 295 g/mol. The number of rotatable bonds is 5. The van der Waals surface area contributed by atoms with Crippen molar-refractivity contribution in [3.63, 3.8) is 0 Å². The lowest BCUT2D eigenvalue weighted by Gasteiger charge is -2.20. The lowest BCUT2D eigenvalue weighted by Crippen LogP contribution is -2.31. The van der Waals surface area contributed by atoms with Crippen LogP contribution in [0, 0.1) is 5.92 Å². The van der Waals surface area contributed by atoms with E-state index in [4.69, 9.17) is 5.73 Å². The first-order valence-corrected chi connectivity index (χ1v) is 7.86. The van der Waals surface area contributed by atoms with Crippen LogP contribution >= 0.6 is 22.7 Å². The minimum atomic E-state index is -0.136. The molecule has 2 rings (SSSR count). The number of thiazole rings is 1. The third kappa shape index (κ3) is 3.40. The molecule has 0 aromatic carbocycles. The molecule has 0 saturated carbocycles. The summed E-state index contributed by atoms with van der Waals surface area (Å²) in [6, 6.07) is 4.06. The molecule has 0 radical (unpaired) electrons. The maximum absolute atomic E-state index is 12.2. The highest BCUT2D eigenvalue weighted by atomic mass is 32.1. The topological polar surface area (TPSA) is 68.0 Å². The number of carbonyl (C=O) groups excluding carboxylic acids is 1. The van der Waals surface area contributed by atoms with Gasteiger partial charge in [-0.25, -0.2) is 4.98 Å². The SMILES string of the molecule is CC(C)C(NC(=O)c1csc(CN)n1)c1cccs1. The molecule has 2 heterocycles. The molecule has 0 aliphatic carbocycles. The number of nitrogens with zero attached hydrogens (tertiary/aromatic N) is 1. The summed E-state index contributed by atoms with van der Waals surface area (Å²) in [5.74, 6) is 0.193. The fourth-order valence-corrected chi connectivity index (χ4v) is 3.36. The van der Waals surface area contributed by atoms with Gasteiger partial charge in [0.25, 0.3) is 5.91 Å². The zero-order valence-corrected chi connectivity index (χ0v) is 12.6. The third-order valence-electron chi connectivity index (χ3n) is 2.76. The Bertz CT molecular complexity index is 534. The molecule has 1 atom stereocenters. The highest BCUT2D eigenvalue weighted by molar-refractivity contribution is 7.10. The Kier molecular flexibility index (Phi) is 4.68. The van der Waals surface area contributed by atoms with E-state index < -0.39 is 0 Å². The summed E-state index contributed by atoms with van der Waals surface area (Å²) < 4.78 is 0. The monoisotopic (exact) mass is 295 g/mol. The minimum Gasteiger partial charge on any atom is -0.343 e. The van der Waals surface area contributed by atoms with Crippen molar-refractivity contribution in [2.24, 2.45) is 11.7 Å². The van der Waals surface area contributed by atoms with Crippen LogP contribution in [0.25, 0.3) is 0 Å². The predicted molar refractivity (Wildman–Crippen MR) is 79.4 cm³/mol. The summed E-state index contributed by atoms with van der Waals surface area (Å²) in [4.78, 5) is 17.6. The molecule has 0 saturated heterocycles. The molecule has 0 bridgehead atoms. The van der Waals surface area contributed by atoms with Crippen molar-refractivity contribution >= 4 is 28.6 Å². The summed E-state index contributed by atoms with van der Waals surface area (Å²) in [6.07, 6.45) is 0. The van der Waals surface area contributed by atoms with E-state index >= 15 is 0 Å². The number of thiophene rings is 1. The van der Waals surface area contributed by atoms with Crippen LogP contribution in [-0.4, -0.2) is 10.9 Å². The van der Waals surface area contributed by atoms with Gasteiger partial charge in [0.15, 0.2) is 0 Å². The number of hydrogen-bond donors (Lipinski definition) is 2. The number of nitrogens with two attached hydrogens (primary N) is 1. The Morgan fingerprint density at radius 1 is 1.47 bits per heavy atom. The van der Waals surface area contributed by atoms with Crippen molar-refractivity contribution in [1.29, 1.82) is 0 Å². The van der Waals surface area contributed by atoms with Crippen molar-refractivity contribution in [3.8, 4) is 0 Å². The molecule has 102 valence electrons. The Morgan fingerprint density at radius 2 is 2.26 bits per heavy atom. The number of carbonyl (C=O) groups is 1. The van der Waals surface area contributed by atoms with Gasteiger partial charge in [-0.3, -0.25) is 4.79 Å². The standard InChI is InChI=1S/C13H17N3OS2/c1-8(2)12(10-4-3-5-18-10)16-13(17)9-7-19-11(6-14)15-9/h3-5,7-8,12H,6,14H2,1-2H3,(H,16,17). The molecule has 4 nitrogen and oxygen atoms in total. The largest absolute Gasteiger partial charge is 0.343 e. The van der Waals surface area contributed by atoms with E-state index in [0.717, 1.165) is 9.88 Å². The van der Waals surface area contributed by atoms with Gasteiger partial charge in [0.2, 0.25) is 0 Å². The normalized spacial score (nSPS) is 12.6. The quantitative estimate of drug-likeness (QED) is 0.891. The number of amides is 1. The highest BCUT2D eigenvalue weighted by Crippen LogP contribution is 2.26. The fourth-order valence-electron chi connectivity index (χ4n) is 1.76. The van der Waals surface area contributed by atoms with Gasteiger partial charge < -0.3 is 11.1 Å². The maximum atomic E-state index is 12.2. The van der Waals surface area contributed by atoms with E-state index in [1.54, 1.807) is 16.7 Å². The Balaban J connectivity index is 2.11. The van der Waals surface area contributed by atoms with Crippen LogP contribution in [0.15, 0.2) is 22.9 Å². The van der Waals surface area contributed by atoms with Crippen LogP contribution in [-0.2, 0) is 6.54 Å². The zero-order chi connectivity index (χ0) is 13.8. The van der Waals surface area contributed by atoms with Gasteiger partial charge in [-0.15, -0.1) is 22.7 Å². The molecule has 1 unspecified atom stereocenters. The summed E-state index contributed by atoms with van der Waals surface area (Å²) in [5, 5.41) is 7.60. The van der Waals surface area contributed by atoms with Crippen LogP contribution in [0.4, 0.5) is 0 Å². The van der Waals surface area contributed by atoms with Gasteiger partial charge in [-0.05, 0) is 17.4 Å². The summed E-state index contributed by atoms with van der Waals surface area (Å²) >= 11 is 3.07. The zero-order valence-electron chi connectivity index (χ0n) is 10.9. The van der Waals surface area contributed by atoms with E-state index in [9.17, 15) is 4.79 Å². The van der Waals surface area contributed by atoms with Gasteiger partial charge >= 0.3 is 0 Å². The van der Waals surface area contributed by atoms with E-state index in [1.807, 2.05) is 17.5 Å². The van der Waals surface area contributed by atoms with E-state index in [1.165, 1.54) is 11.3 Å². The van der Waals surface area contributed by atoms with Crippen LogP contribution in [0.1, 0.15) is 40.3 Å². The first-order valence-electron chi connectivity index (χ1n) is 6.10. The summed E-state index contributed by atoms with van der Waals surface area (Å²) in [6.45, 7) is 4.56. The van der Waals surface area contributed by atoms with Gasteiger partial charge in [-0.1, -0.05) is 19.9 Å². The van der Waals surface area contributed by atoms with Gasteiger partial charge in [0, 0.05) is 16.8 Å². The van der Waals surface area contributed by atoms with E-state index in [-0.39, 0.29) is 11.9 Å². The lowest BCUT2D eigenvalue weighted by atomic mass is 10.0. The third-order valence-corrected chi connectivity index (χ3v) is 4.59. The molecule has 2 aromatic heterocycles. The number of nitrogens with one attached hydrogen (secondary N) is 1. The molecule has 0 aliphatic heterocycles. The van der Waals surface area contributed by atoms with E-state index in [2.05, 4.69) is 24.1 Å². The highest BCUT2D eigenvalue weighted by Gasteiger charge is 2.21. The first-order chi connectivity index (χ1) is 9.11. The van der Waals surface area contributed by atoms with Crippen molar-refractivity contribution in [1.82, 2.24) is 10.3 Å². The average Bonchev–Trinajstić information content (AvgIpc) is 3.05. The first kappa shape index (κ1) is 14.2. The van der Waals surface area contributed by atoms with Crippen LogP contribution in [0.2, 0.25) is 0 Å². The Hall–Kier alpha value is -1.24. The van der Waals surface area contributed by atoms with Crippen molar-refractivity contribution in [3.05, 3.63) is 38.5 Å². The molecule has 19 heavy (non-hydrogen) atoms. The second-order valence-corrected chi connectivity index (χ2v) is 6.46. The molecule has 6 heteroatoms. The van der Waals surface area contributed by atoms with Crippen LogP contribution in [0.5, 0.6) is 0 Å². The molecular weight excluding hydrogens is 278 g/mol. The molecule has 3 N–H and O–H groups in total. The molecule has 2 aromatic rings. The fraction of sp³-hybridized carbons (Fsp3) is 0.385. The summed E-state index contributed by atoms with van der Waals surface area (Å²) in [7, 11) is 0. The van der Waals surface area contributed by atoms with Crippen molar-refractivity contribution < 1.29 is 4.79 Å². The molecule has 1 amide bonds. The second-order valence-electron chi connectivity index (χ2n) is 4.54. The van der Waals surface area contributed by atoms with E-state index in [0.29, 0.717) is 18.2 Å². The minimum absolute atomic E-state index is 0.0236. The summed E-state index contributed by atoms with van der Waals surface area (Å²) in [5.41, 5.74) is 5.96. The van der Waals surface area contributed by atoms with Crippen LogP contribution in [0.3, 0.4) is 0 Å². The van der Waals surface area contributed by atoms with Crippen molar-refractivity contribution in [2.45, 2.75) is 26.4 Å². The maximum Gasteiger partial charge on any atom is 0.271 e. The van der Waals surface area contributed by atoms with Gasteiger partial charge in [-0.2, -0.15) is 0 Å². The van der Waals surface area contributed by atoms with Gasteiger partial charge in [0.1, 0.15) is 10.7 Å². The molecular formula is C13H17N3OS2. The number of hydrogen-bond acceptors (Lipinski definition) is 5. The molecule has 0 spiro atoms. The smallest absolute Gasteiger partial charge is 0.271 e. The second kappa shape index (κ2) is 6.27. The Morgan fingerprint density at radius 3 is 2.79 bits per heavy atom. The van der Waals surface area contributed by atoms with Crippen molar-refractivity contribution in [2.75, 3.05) is 0 Å². The lowest BCUT2D eigenvalue weighted by molar-refractivity contribution is 0.0922.